The van der Waals surface area contributed by atoms with Crippen molar-refractivity contribution in [2.45, 2.75) is 0 Å². The summed E-state index contributed by atoms with van der Waals surface area (Å²) in [5, 5.41) is 10.1. The Labute approximate surface area is 153 Å². The standard InChI is InChI=1S/C21H18ClN3/c1-24(2)17-9-11-18(12-10-17)25-13-5-6-19(25)14-16(15-23)20-7-3-4-8-21(20)22/h3-14H,1-2H3. The number of benzene rings is 2. The topological polar surface area (TPSA) is 32.0 Å². The molecule has 2 aromatic carbocycles. The second-order valence-corrected chi connectivity index (χ2v) is 6.27. The molecule has 0 aliphatic heterocycles. The monoisotopic (exact) mass is 347 g/mol. The fraction of sp³-hybridized carbons (Fsp3) is 0.0952. The second-order valence-electron chi connectivity index (χ2n) is 5.86. The van der Waals surface area contributed by atoms with E-state index in [9.17, 15) is 5.26 Å². The van der Waals surface area contributed by atoms with Crippen LogP contribution in [0.1, 0.15) is 11.3 Å². The maximum absolute atomic E-state index is 9.57. The van der Waals surface area contributed by atoms with Crippen LogP contribution in [0, 0.1) is 11.3 Å². The molecule has 0 spiro atoms. The Balaban J connectivity index is 2.01. The average molecular weight is 348 g/mol. The molecule has 0 atom stereocenters. The van der Waals surface area contributed by atoms with Gasteiger partial charge < -0.3 is 9.47 Å². The molecule has 0 bridgehead atoms. The first-order valence-electron chi connectivity index (χ1n) is 7.92. The van der Waals surface area contributed by atoms with Crippen molar-refractivity contribution in [2.24, 2.45) is 0 Å². The number of aromatic nitrogens is 1. The van der Waals surface area contributed by atoms with E-state index in [1.54, 1.807) is 6.07 Å². The minimum atomic E-state index is 0.537. The summed E-state index contributed by atoms with van der Waals surface area (Å²) >= 11 is 6.24. The molecule has 0 aliphatic rings. The lowest BCUT2D eigenvalue weighted by atomic mass is 10.1. The van der Waals surface area contributed by atoms with Crippen LogP contribution in [0.3, 0.4) is 0 Å². The van der Waals surface area contributed by atoms with Crippen LogP contribution < -0.4 is 4.90 Å². The van der Waals surface area contributed by atoms with Crippen LogP contribution in [0.5, 0.6) is 0 Å². The van der Waals surface area contributed by atoms with Crippen molar-refractivity contribution in [3.8, 4) is 11.8 Å². The van der Waals surface area contributed by atoms with E-state index in [0.29, 0.717) is 10.6 Å². The fourth-order valence-electron chi connectivity index (χ4n) is 2.66. The van der Waals surface area contributed by atoms with E-state index in [-0.39, 0.29) is 0 Å². The van der Waals surface area contributed by atoms with Crippen molar-refractivity contribution in [3.05, 3.63) is 83.1 Å². The minimum Gasteiger partial charge on any atom is -0.378 e. The fourth-order valence-corrected chi connectivity index (χ4v) is 2.89. The van der Waals surface area contributed by atoms with E-state index < -0.39 is 0 Å². The summed E-state index contributed by atoms with van der Waals surface area (Å²) in [6.45, 7) is 0. The highest BCUT2D eigenvalue weighted by atomic mass is 35.5. The summed E-state index contributed by atoms with van der Waals surface area (Å²) in [4.78, 5) is 2.06. The summed E-state index contributed by atoms with van der Waals surface area (Å²) in [7, 11) is 4.03. The van der Waals surface area contributed by atoms with Crippen molar-refractivity contribution in [1.82, 2.24) is 4.57 Å². The van der Waals surface area contributed by atoms with Crippen molar-refractivity contribution < 1.29 is 0 Å². The molecular weight excluding hydrogens is 330 g/mol. The largest absolute Gasteiger partial charge is 0.378 e. The molecule has 124 valence electrons. The molecule has 0 N–H and O–H groups in total. The molecule has 0 amide bonds. The van der Waals surface area contributed by atoms with Crippen LogP contribution in [-0.2, 0) is 0 Å². The Morgan fingerprint density at radius 1 is 1.04 bits per heavy atom. The van der Waals surface area contributed by atoms with Crippen LogP contribution in [0.15, 0.2) is 66.9 Å². The lowest BCUT2D eigenvalue weighted by Crippen LogP contribution is -2.08. The second kappa shape index (κ2) is 7.29. The maximum atomic E-state index is 9.57. The summed E-state index contributed by atoms with van der Waals surface area (Å²) in [6.07, 6.45) is 3.85. The predicted molar refractivity (Wildman–Crippen MR) is 105 cm³/mol. The van der Waals surface area contributed by atoms with Gasteiger partial charge in [0.15, 0.2) is 0 Å². The highest BCUT2D eigenvalue weighted by molar-refractivity contribution is 6.32. The van der Waals surface area contributed by atoms with Gasteiger partial charge in [-0.2, -0.15) is 5.26 Å². The molecule has 0 unspecified atom stereocenters. The molecule has 0 radical (unpaired) electrons. The number of hydrogen-bond donors (Lipinski definition) is 0. The highest BCUT2D eigenvalue weighted by Gasteiger charge is 2.08. The van der Waals surface area contributed by atoms with Gasteiger partial charge in [-0.15, -0.1) is 0 Å². The molecule has 3 rings (SSSR count). The Bertz CT molecular complexity index is 944. The Morgan fingerprint density at radius 3 is 2.40 bits per heavy atom. The van der Waals surface area contributed by atoms with Crippen molar-refractivity contribution >= 4 is 28.9 Å². The normalized spacial score (nSPS) is 11.2. The van der Waals surface area contributed by atoms with E-state index >= 15 is 0 Å². The molecule has 0 saturated carbocycles. The zero-order chi connectivity index (χ0) is 17.8. The van der Waals surface area contributed by atoms with Crippen LogP contribution in [0.2, 0.25) is 5.02 Å². The number of hydrogen-bond acceptors (Lipinski definition) is 2. The van der Waals surface area contributed by atoms with Crippen LogP contribution in [0.4, 0.5) is 5.69 Å². The third-order valence-corrected chi connectivity index (χ3v) is 4.33. The maximum Gasteiger partial charge on any atom is 0.0999 e. The Kier molecular flexibility index (Phi) is 4.92. The molecule has 0 aliphatic carbocycles. The molecule has 3 nitrogen and oxygen atoms in total. The van der Waals surface area contributed by atoms with Gasteiger partial charge in [-0.25, -0.2) is 0 Å². The number of anilines is 1. The smallest absolute Gasteiger partial charge is 0.0999 e. The number of nitrogens with zero attached hydrogens (tertiary/aromatic N) is 3. The van der Waals surface area contributed by atoms with Gasteiger partial charge in [0.05, 0.1) is 11.6 Å². The van der Waals surface area contributed by atoms with Crippen LogP contribution in [0.25, 0.3) is 17.3 Å². The van der Waals surface area contributed by atoms with Crippen molar-refractivity contribution in [2.75, 3.05) is 19.0 Å². The van der Waals surface area contributed by atoms with E-state index in [0.717, 1.165) is 22.6 Å². The van der Waals surface area contributed by atoms with Gasteiger partial charge >= 0.3 is 0 Å². The molecule has 0 saturated heterocycles. The van der Waals surface area contributed by atoms with E-state index in [4.69, 9.17) is 11.6 Å². The minimum absolute atomic E-state index is 0.537. The zero-order valence-electron chi connectivity index (χ0n) is 14.1. The van der Waals surface area contributed by atoms with Gasteiger partial charge in [-0.1, -0.05) is 29.8 Å². The molecule has 4 heteroatoms. The molecular formula is C21H18ClN3. The average Bonchev–Trinajstić information content (AvgIpc) is 3.08. The molecule has 3 aromatic rings. The van der Waals surface area contributed by atoms with Gasteiger partial charge in [0.25, 0.3) is 0 Å². The van der Waals surface area contributed by atoms with Gasteiger partial charge in [0, 0.05) is 47.9 Å². The van der Waals surface area contributed by atoms with E-state index in [1.807, 2.05) is 61.3 Å². The Morgan fingerprint density at radius 2 is 1.76 bits per heavy atom. The van der Waals surface area contributed by atoms with Gasteiger partial charge in [0.2, 0.25) is 0 Å². The molecule has 1 heterocycles. The number of nitriles is 1. The lowest BCUT2D eigenvalue weighted by Gasteiger charge is -2.14. The Hall–Kier alpha value is -2.96. The lowest BCUT2D eigenvalue weighted by molar-refractivity contribution is 1.06. The summed E-state index contributed by atoms with van der Waals surface area (Å²) in [5.41, 5.74) is 4.38. The van der Waals surface area contributed by atoms with Gasteiger partial charge in [-0.3, -0.25) is 0 Å². The van der Waals surface area contributed by atoms with Gasteiger partial charge in [-0.05, 0) is 48.5 Å². The van der Waals surface area contributed by atoms with Crippen LogP contribution >= 0.6 is 11.6 Å². The summed E-state index contributed by atoms with van der Waals surface area (Å²) in [6, 6.07) is 21.9. The predicted octanol–water partition coefficient (Wildman–Crippen LogP) is 5.26. The van der Waals surface area contributed by atoms with Crippen molar-refractivity contribution in [1.29, 1.82) is 5.26 Å². The number of allylic oxidation sites excluding steroid dienone is 1. The zero-order valence-corrected chi connectivity index (χ0v) is 14.9. The third-order valence-electron chi connectivity index (χ3n) is 4.00. The summed E-state index contributed by atoms with van der Waals surface area (Å²) < 4.78 is 2.05. The number of halogens is 1. The third kappa shape index (κ3) is 3.60. The van der Waals surface area contributed by atoms with Crippen molar-refractivity contribution in [3.63, 3.8) is 0 Å². The highest BCUT2D eigenvalue weighted by Crippen LogP contribution is 2.26. The van der Waals surface area contributed by atoms with E-state index in [1.165, 1.54) is 0 Å². The number of rotatable bonds is 4. The SMILES string of the molecule is CN(C)c1ccc(-n2cccc2C=C(C#N)c2ccccc2Cl)cc1. The molecule has 25 heavy (non-hydrogen) atoms. The quantitative estimate of drug-likeness (QED) is 0.603. The van der Waals surface area contributed by atoms with Crippen LogP contribution in [-0.4, -0.2) is 18.7 Å². The first kappa shape index (κ1) is 16.9. The van der Waals surface area contributed by atoms with E-state index in [2.05, 4.69) is 35.2 Å². The first-order valence-corrected chi connectivity index (χ1v) is 8.30. The molecule has 1 aromatic heterocycles. The molecule has 0 fully saturated rings. The first-order chi connectivity index (χ1) is 12.1. The van der Waals surface area contributed by atoms with Gasteiger partial charge in [0.1, 0.15) is 0 Å². The summed E-state index contributed by atoms with van der Waals surface area (Å²) in [5.74, 6) is 0.